The first kappa shape index (κ1) is 15.9. The van der Waals surface area contributed by atoms with Crippen LogP contribution in [-0.4, -0.2) is 40.6 Å². The highest BCUT2D eigenvalue weighted by Gasteiger charge is 2.23. The molecule has 8 heteroatoms. The third kappa shape index (κ3) is 4.24. The van der Waals surface area contributed by atoms with Gasteiger partial charge >= 0.3 is 0 Å². The Morgan fingerprint density at radius 2 is 2.24 bits per heavy atom. The summed E-state index contributed by atoms with van der Waals surface area (Å²) in [5.41, 5.74) is 5.73. The maximum atomic E-state index is 12.0. The largest absolute Gasteiger partial charge is 0.381 e. The number of nitrogens with one attached hydrogen (secondary N) is 2. The highest BCUT2D eigenvalue weighted by atomic mass is 32.2. The van der Waals surface area contributed by atoms with Gasteiger partial charge in [-0.2, -0.15) is 0 Å². The Morgan fingerprint density at radius 1 is 1.43 bits per heavy atom. The summed E-state index contributed by atoms with van der Waals surface area (Å²) >= 11 is 0. The molecule has 1 aliphatic heterocycles. The van der Waals surface area contributed by atoms with Crippen molar-refractivity contribution >= 4 is 21.6 Å². The summed E-state index contributed by atoms with van der Waals surface area (Å²) in [7, 11) is -3.61. The smallest absolute Gasteiger partial charge is 0.240 e. The second kappa shape index (κ2) is 6.99. The van der Waals surface area contributed by atoms with Crippen LogP contribution in [0.3, 0.4) is 0 Å². The van der Waals surface area contributed by atoms with E-state index in [2.05, 4.69) is 10.0 Å². The van der Waals surface area contributed by atoms with Gasteiger partial charge in [-0.3, -0.25) is 4.79 Å². The molecule has 0 aliphatic carbocycles. The Morgan fingerprint density at radius 3 is 2.90 bits per heavy atom. The Hall–Kier alpha value is -1.48. The van der Waals surface area contributed by atoms with Gasteiger partial charge in [-0.25, -0.2) is 13.1 Å². The number of ether oxygens (including phenoxy) is 1. The Balaban J connectivity index is 2.08. The zero-order valence-corrected chi connectivity index (χ0v) is 12.4. The fourth-order valence-corrected chi connectivity index (χ4v) is 3.10. The lowest BCUT2D eigenvalue weighted by Crippen LogP contribution is -2.29. The molecule has 116 valence electrons. The molecule has 7 nitrogen and oxygen atoms in total. The second-order valence-corrected chi connectivity index (χ2v) is 6.53. The summed E-state index contributed by atoms with van der Waals surface area (Å²) in [5.74, 6) is -0.336. The molecule has 0 spiro atoms. The lowest BCUT2D eigenvalue weighted by molar-refractivity contribution is -0.119. The average molecular weight is 313 g/mol. The monoisotopic (exact) mass is 313 g/mol. The van der Waals surface area contributed by atoms with Crippen molar-refractivity contribution in [3.8, 4) is 0 Å². The van der Waals surface area contributed by atoms with Gasteiger partial charge in [-0.05, 0) is 24.6 Å². The molecule has 1 saturated heterocycles. The minimum atomic E-state index is -3.61. The van der Waals surface area contributed by atoms with E-state index >= 15 is 0 Å². The van der Waals surface area contributed by atoms with E-state index in [4.69, 9.17) is 10.5 Å². The quantitative estimate of drug-likeness (QED) is 0.679. The van der Waals surface area contributed by atoms with Crippen LogP contribution in [0.4, 0.5) is 5.69 Å². The molecule has 1 aromatic rings. The maximum Gasteiger partial charge on any atom is 0.240 e. The first-order chi connectivity index (χ1) is 10.0. The van der Waals surface area contributed by atoms with Crippen molar-refractivity contribution in [2.75, 3.05) is 31.6 Å². The number of amides is 1. The van der Waals surface area contributed by atoms with E-state index in [-0.39, 0.29) is 29.8 Å². The van der Waals surface area contributed by atoms with Gasteiger partial charge in [0, 0.05) is 25.4 Å². The van der Waals surface area contributed by atoms with Crippen molar-refractivity contribution in [1.29, 1.82) is 0 Å². The molecule has 4 N–H and O–H groups in total. The minimum Gasteiger partial charge on any atom is -0.381 e. The van der Waals surface area contributed by atoms with Crippen LogP contribution in [0.15, 0.2) is 29.2 Å². The van der Waals surface area contributed by atoms with Crippen molar-refractivity contribution in [2.24, 2.45) is 11.7 Å². The lowest BCUT2D eigenvalue weighted by atomic mass is 10.1. The van der Waals surface area contributed by atoms with Gasteiger partial charge in [0.1, 0.15) is 0 Å². The van der Waals surface area contributed by atoms with Crippen LogP contribution < -0.4 is 15.8 Å². The van der Waals surface area contributed by atoms with Crippen LogP contribution in [0.5, 0.6) is 0 Å². The number of carbonyl (C=O) groups excluding carboxylic acids is 1. The molecule has 0 radical (unpaired) electrons. The van der Waals surface area contributed by atoms with Crippen molar-refractivity contribution in [2.45, 2.75) is 11.3 Å². The third-order valence-electron chi connectivity index (χ3n) is 3.15. The first-order valence-electron chi connectivity index (χ1n) is 6.71. The second-order valence-electron chi connectivity index (χ2n) is 4.76. The topological polar surface area (TPSA) is 111 Å². The molecule has 2 rings (SSSR count). The number of hydrogen-bond acceptors (Lipinski definition) is 5. The summed E-state index contributed by atoms with van der Waals surface area (Å²) in [6.45, 7) is 1.37. The number of benzene rings is 1. The number of hydrogen-bond donors (Lipinski definition) is 3. The molecule has 1 aliphatic rings. The van der Waals surface area contributed by atoms with E-state index in [1.807, 2.05) is 0 Å². The first-order valence-corrected chi connectivity index (χ1v) is 8.19. The van der Waals surface area contributed by atoms with Crippen molar-refractivity contribution in [1.82, 2.24) is 4.72 Å². The lowest BCUT2D eigenvalue weighted by Gasteiger charge is -2.11. The van der Waals surface area contributed by atoms with Gasteiger partial charge in [-0.15, -0.1) is 0 Å². The van der Waals surface area contributed by atoms with Gasteiger partial charge in [-0.1, -0.05) is 6.07 Å². The van der Waals surface area contributed by atoms with Gasteiger partial charge < -0.3 is 15.8 Å². The van der Waals surface area contributed by atoms with E-state index in [9.17, 15) is 13.2 Å². The van der Waals surface area contributed by atoms with Gasteiger partial charge in [0.05, 0.1) is 17.4 Å². The molecule has 1 fully saturated rings. The normalized spacial score (nSPS) is 18.6. The fraction of sp³-hybridized carbons (Fsp3) is 0.462. The van der Waals surface area contributed by atoms with E-state index in [0.29, 0.717) is 25.3 Å². The predicted octanol–water partition coefficient (Wildman–Crippen LogP) is -0.101. The number of sulfonamides is 1. The summed E-state index contributed by atoms with van der Waals surface area (Å²) in [6, 6.07) is 6.12. The van der Waals surface area contributed by atoms with Crippen molar-refractivity contribution in [3.63, 3.8) is 0 Å². The molecular formula is C13H19N3O4S. The molecule has 1 heterocycles. The van der Waals surface area contributed by atoms with Crippen LogP contribution in [0, 0.1) is 5.92 Å². The Labute approximate surface area is 123 Å². The molecule has 0 saturated carbocycles. The van der Waals surface area contributed by atoms with Gasteiger partial charge in [0.25, 0.3) is 0 Å². The molecule has 0 aromatic heterocycles. The van der Waals surface area contributed by atoms with Crippen LogP contribution >= 0.6 is 0 Å². The van der Waals surface area contributed by atoms with Gasteiger partial charge in [0.2, 0.25) is 15.9 Å². The molecule has 1 unspecified atom stereocenters. The number of nitrogens with two attached hydrogens (primary N) is 1. The zero-order valence-electron chi connectivity index (χ0n) is 11.5. The molecule has 1 amide bonds. The molecule has 1 aromatic carbocycles. The van der Waals surface area contributed by atoms with Gasteiger partial charge in [0.15, 0.2) is 0 Å². The van der Waals surface area contributed by atoms with Crippen LogP contribution in [-0.2, 0) is 19.6 Å². The highest BCUT2D eigenvalue weighted by molar-refractivity contribution is 7.89. The summed E-state index contributed by atoms with van der Waals surface area (Å²) < 4.78 is 31.5. The Kier molecular flexibility index (Phi) is 5.29. The standard InChI is InChI=1S/C13H19N3O4S/c14-5-6-15-21(18,19)12-3-1-2-11(8-12)16-13(17)10-4-7-20-9-10/h1-3,8,10,15H,4-7,9,14H2,(H,16,17). The van der Waals surface area contributed by atoms with Crippen LogP contribution in [0.25, 0.3) is 0 Å². The summed E-state index contributed by atoms with van der Waals surface area (Å²) in [5, 5.41) is 2.72. The summed E-state index contributed by atoms with van der Waals surface area (Å²) in [4.78, 5) is 12.1. The van der Waals surface area contributed by atoms with Crippen LogP contribution in [0.1, 0.15) is 6.42 Å². The fourth-order valence-electron chi connectivity index (χ4n) is 2.00. The Bertz CT molecular complexity index is 597. The van der Waals surface area contributed by atoms with E-state index in [1.165, 1.54) is 12.1 Å². The molecule has 1 atom stereocenters. The minimum absolute atomic E-state index is 0.0939. The predicted molar refractivity (Wildman–Crippen MR) is 78.2 cm³/mol. The van der Waals surface area contributed by atoms with E-state index in [0.717, 1.165) is 0 Å². The van der Waals surface area contributed by atoms with Crippen molar-refractivity contribution < 1.29 is 17.9 Å². The molecule has 0 bridgehead atoms. The zero-order chi connectivity index (χ0) is 15.3. The average Bonchev–Trinajstić information content (AvgIpc) is 3.00. The van der Waals surface area contributed by atoms with E-state index in [1.54, 1.807) is 12.1 Å². The third-order valence-corrected chi connectivity index (χ3v) is 4.61. The SMILES string of the molecule is NCCNS(=O)(=O)c1cccc(NC(=O)C2CCOC2)c1. The molecular weight excluding hydrogens is 294 g/mol. The molecule has 21 heavy (non-hydrogen) atoms. The summed E-state index contributed by atoms with van der Waals surface area (Å²) in [6.07, 6.45) is 0.682. The van der Waals surface area contributed by atoms with E-state index < -0.39 is 10.0 Å². The van der Waals surface area contributed by atoms with Crippen LogP contribution in [0.2, 0.25) is 0 Å². The highest BCUT2D eigenvalue weighted by Crippen LogP contribution is 2.18. The van der Waals surface area contributed by atoms with Crippen molar-refractivity contribution in [3.05, 3.63) is 24.3 Å². The number of carbonyl (C=O) groups is 1. The maximum absolute atomic E-state index is 12.0. The number of anilines is 1. The number of rotatable bonds is 6.